The van der Waals surface area contributed by atoms with Gasteiger partial charge >= 0.3 is 0 Å². The highest BCUT2D eigenvalue weighted by Gasteiger charge is 2.31. The molecule has 0 aliphatic carbocycles. The Labute approximate surface area is 104 Å². The van der Waals surface area contributed by atoms with Crippen LogP contribution in [0.15, 0.2) is 47.7 Å². The summed E-state index contributed by atoms with van der Waals surface area (Å²) < 4.78 is 0. The summed E-state index contributed by atoms with van der Waals surface area (Å²) in [5.41, 5.74) is 5.41. The van der Waals surface area contributed by atoms with Crippen molar-refractivity contribution >= 4 is 0 Å². The van der Waals surface area contributed by atoms with Crippen molar-refractivity contribution in [3.05, 3.63) is 58.8 Å². The molecule has 0 amide bonds. The number of allylic oxidation sites excluding steroid dienone is 2. The van der Waals surface area contributed by atoms with Gasteiger partial charge in [0.15, 0.2) is 0 Å². The first-order valence-corrected chi connectivity index (χ1v) is 6.12. The highest BCUT2D eigenvalue weighted by molar-refractivity contribution is 5.43. The average Bonchev–Trinajstić information content (AvgIpc) is 2.27. The molecule has 1 heterocycles. The van der Waals surface area contributed by atoms with E-state index < -0.39 is 0 Å². The lowest BCUT2D eigenvalue weighted by atomic mass is 9.83. The highest BCUT2D eigenvalue weighted by atomic mass is 15.2. The fourth-order valence-corrected chi connectivity index (χ4v) is 2.57. The first kappa shape index (κ1) is 12.0. The van der Waals surface area contributed by atoms with Crippen LogP contribution in [-0.4, -0.2) is 11.9 Å². The van der Waals surface area contributed by atoms with E-state index >= 15 is 0 Å². The number of nitrogens with zero attached hydrogens (tertiary/aromatic N) is 1. The van der Waals surface area contributed by atoms with Gasteiger partial charge in [0.05, 0.1) is 5.54 Å². The summed E-state index contributed by atoms with van der Waals surface area (Å²) >= 11 is 0. The number of hydrogen-bond acceptors (Lipinski definition) is 1. The van der Waals surface area contributed by atoms with Gasteiger partial charge in [0.1, 0.15) is 0 Å². The Morgan fingerprint density at radius 3 is 2.29 bits per heavy atom. The van der Waals surface area contributed by atoms with Crippen LogP contribution < -0.4 is 0 Å². The third-order valence-electron chi connectivity index (χ3n) is 3.93. The lowest BCUT2D eigenvalue weighted by Crippen LogP contribution is -2.39. The van der Waals surface area contributed by atoms with E-state index in [4.69, 9.17) is 0 Å². The Kier molecular flexibility index (Phi) is 2.86. The molecule has 0 saturated carbocycles. The molecule has 1 aliphatic rings. The second-order valence-electron chi connectivity index (χ2n) is 5.21. The Bertz CT molecular complexity index is 496. The van der Waals surface area contributed by atoms with Gasteiger partial charge in [-0.2, -0.15) is 0 Å². The van der Waals surface area contributed by atoms with E-state index in [2.05, 4.69) is 76.2 Å². The molecule has 0 fully saturated rings. The van der Waals surface area contributed by atoms with Crippen molar-refractivity contribution in [1.82, 2.24) is 4.90 Å². The molecule has 1 unspecified atom stereocenters. The second kappa shape index (κ2) is 4.06. The van der Waals surface area contributed by atoms with Crippen LogP contribution in [-0.2, 0) is 5.54 Å². The van der Waals surface area contributed by atoms with Crippen molar-refractivity contribution in [1.29, 1.82) is 0 Å². The third-order valence-corrected chi connectivity index (χ3v) is 3.93. The molecule has 0 radical (unpaired) electrons. The van der Waals surface area contributed by atoms with E-state index in [1.54, 1.807) is 0 Å². The van der Waals surface area contributed by atoms with Crippen LogP contribution in [0.2, 0.25) is 0 Å². The zero-order chi connectivity index (χ0) is 12.6. The predicted molar refractivity (Wildman–Crippen MR) is 73.8 cm³/mol. The summed E-state index contributed by atoms with van der Waals surface area (Å²) in [6.45, 7) is 8.82. The Morgan fingerprint density at radius 1 is 1.00 bits per heavy atom. The van der Waals surface area contributed by atoms with Gasteiger partial charge < -0.3 is 4.90 Å². The number of aryl methyl sites for hydroxylation is 1. The highest BCUT2D eigenvalue weighted by Crippen LogP contribution is 2.36. The lowest BCUT2D eigenvalue weighted by Gasteiger charge is -2.41. The van der Waals surface area contributed by atoms with Gasteiger partial charge in [-0.1, -0.05) is 30.3 Å². The summed E-state index contributed by atoms with van der Waals surface area (Å²) in [6, 6.07) is 8.63. The van der Waals surface area contributed by atoms with Crippen LogP contribution in [0.3, 0.4) is 0 Å². The molecule has 1 aliphatic heterocycles. The minimum atomic E-state index is -0.0328. The van der Waals surface area contributed by atoms with E-state index in [1.165, 1.54) is 22.3 Å². The van der Waals surface area contributed by atoms with Crippen molar-refractivity contribution < 1.29 is 0 Å². The Morgan fingerprint density at radius 2 is 1.65 bits per heavy atom. The zero-order valence-electron chi connectivity index (χ0n) is 11.4. The minimum Gasteiger partial charge on any atom is -0.367 e. The number of likely N-dealkylation sites (N-methyl/N-ethyl adjacent to an activating group) is 1. The summed E-state index contributed by atoms with van der Waals surface area (Å²) in [5, 5.41) is 0. The van der Waals surface area contributed by atoms with Crippen molar-refractivity contribution in [2.75, 3.05) is 7.05 Å². The Balaban J connectivity index is 2.55. The molecule has 0 bridgehead atoms. The predicted octanol–water partition coefficient (Wildman–Crippen LogP) is 4.01. The number of rotatable bonds is 1. The standard InChI is InChI=1S/C16H21N/c1-12-8-6-7-9-15(12)16(4)10-13(2)14(3)11-17(16)5/h6-11H,1-5H3. The SMILES string of the molecule is CC1=CN(C)C(C)(c2ccccc2C)C=C1C. The average molecular weight is 227 g/mol. The van der Waals surface area contributed by atoms with Crippen LogP contribution in [0.1, 0.15) is 31.9 Å². The van der Waals surface area contributed by atoms with Crippen molar-refractivity contribution in [3.8, 4) is 0 Å². The molecular formula is C16H21N. The molecule has 0 spiro atoms. The molecule has 1 aromatic carbocycles. The molecule has 2 rings (SSSR count). The molecule has 1 heteroatoms. The van der Waals surface area contributed by atoms with Gasteiger partial charge in [-0.15, -0.1) is 0 Å². The summed E-state index contributed by atoms with van der Waals surface area (Å²) in [4.78, 5) is 2.30. The maximum Gasteiger partial charge on any atom is 0.0808 e. The van der Waals surface area contributed by atoms with E-state index in [0.29, 0.717) is 0 Å². The van der Waals surface area contributed by atoms with E-state index in [9.17, 15) is 0 Å². The third kappa shape index (κ3) is 1.90. The van der Waals surface area contributed by atoms with Crippen molar-refractivity contribution in [3.63, 3.8) is 0 Å². The smallest absolute Gasteiger partial charge is 0.0808 e. The van der Waals surface area contributed by atoms with Crippen molar-refractivity contribution in [2.45, 2.75) is 33.2 Å². The van der Waals surface area contributed by atoms with E-state index in [-0.39, 0.29) is 5.54 Å². The lowest BCUT2D eigenvalue weighted by molar-refractivity contribution is 0.256. The van der Waals surface area contributed by atoms with E-state index in [1.807, 2.05) is 0 Å². The van der Waals surface area contributed by atoms with Gasteiger partial charge in [0, 0.05) is 13.2 Å². The first-order chi connectivity index (χ1) is 7.95. The normalized spacial score (nSPS) is 24.4. The number of benzene rings is 1. The zero-order valence-corrected chi connectivity index (χ0v) is 11.4. The van der Waals surface area contributed by atoms with Gasteiger partial charge in [-0.25, -0.2) is 0 Å². The fourth-order valence-electron chi connectivity index (χ4n) is 2.57. The number of hydrogen-bond donors (Lipinski definition) is 0. The van der Waals surface area contributed by atoms with Crippen LogP contribution in [0.25, 0.3) is 0 Å². The van der Waals surface area contributed by atoms with Crippen LogP contribution in [0, 0.1) is 6.92 Å². The van der Waals surface area contributed by atoms with Crippen LogP contribution >= 0.6 is 0 Å². The summed E-state index contributed by atoms with van der Waals surface area (Å²) in [5.74, 6) is 0. The van der Waals surface area contributed by atoms with Gasteiger partial charge in [-0.05, 0) is 50.0 Å². The largest absolute Gasteiger partial charge is 0.367 e. The summed E-state index contributed by atoms with van der Waals surface area (Å²) in [7, 11) is 2.15. The molecule has 1 nitrogen and oxygen atoms in total. The maximum atomic E-state index is 2.37. The molecular weight excluding hydrogens is 206 g/mol. The van der Waals surface area contributed by atoms with E-state index in [0.717, 1.165) is 0 Å². The van der Waals surface area contributed by atoms with Gasteiger partial charge in [0.25, 0.3) is 0 Å². The molecule has 0 saturated heterocycles. The fraction of sp³-hybridized carbons (Fsp3) is 0.375. The molecule has 90 valence electrons. The second-order valence-corrected chi connectivity index (χ2v) is 5.21. The topological polar surface area (TPSA) is 3.24 Å². The first-order valence-electron chi connectivity index (χ1n) is 6.12. The van der Waals surface area contributed by atoms with Crippen molar-refractivity contribution in [2.24, 2.45) is 0 Å². The summed E-state index contributed by atoms with van der Waals surface area (Å²) in [6.07, 6.45) is 4.60. The van der Waals surface area contributed by atoms with Crippen LogP contribution in [0.5, 0.6) is 0 Å². The van der Waals surface area contributed by atoms with Crippen LogP contribution in [0.4, 0.5) is 0 Å². The van der Waals surface area contributed by atoms with Gasteiger partial charge in [0.2, 0.25) is 0 Å². The molecule has 0 N–H and O–H groups in total. The molecule has 1 atom stereocenters. The maximum absolute atomic E-state index is 2.37. The minimum absolute atomic E-state index is 0.0328. The Hall–Kier alpha value is -1.50. The molecule has 1 aromatic rings. The van der Waals surface area contributed by atoms with Gasteiger partial charge in [-0.3, -0.25) is 0 Å². The monoisotopic (exact) mass is 227 g/mol. The molecule has 0 aromatic heterocycles. The molecule has 17 heavy (non-hydrogen) atoms. The quantitative estimate of drug-likeness (QED) is 0.700.